The molecule has 6 heteroatoms. The Morgan fingerprint density at radius 3 is 2.85 bits per heavy atom. The quantitative estimate of drug-likeness (QED) is 0.922. The lowest BCUT2D eigenvalue weighted by atomic mass is 9.99. The van der Waals surface area contributed by atoms with Gasteiger partial charge in [-0.15, -0.1) is 0 Å². The molecule has 0 spiro atoms. The van der Waals surface area contributed by atoms with E-state index in [2.05, 4.69) is 0 Å². The minimum atomic E-state index is -0.945. The van der Waals surface area contributed by atoms with Crippen molar-refractivity contribution in [3.05, 3.63) is 34.9 Å². The molecule has 1 aromatic carbocycles. The number of hydrogen-bond acceptors (Lipinski definition) is 3. The first-order valence-electron chi connectivity index (χ1n) is 6.26. The minimum absolute atomic E-state index is 0.103. The van der Waals surface area contributed by atoms with Crippen LogP contribution in [0.4, 0.5) is 0 Å². The van der Waals surface area contributed by atoms with Crippen LogP contribution in [0.15, 0.2) is 24.3 Å². The molecule has 0 aliphatic carbocycles. The van der Waals surface area contributed by atoms with E-state index in [1.54, 1.807) is 17.9 Å². The summed E-state index contributed by atoms with van der Waals surface area (Å²) < 4.78 is 5.38. The van der Waals surface area contributed by atoms with Crippen molar-refractivity contribution in [2.45, 2.75) is 25.5 Å². The molecular formula is C14H16ClNO4. The Labute approximate surface area is 122 Å². The van der Waals surface area contributed by atoms with Crippen molar-refractivity contribution in [3.63, 3.8) is 0 Å². The van der Waals surface area contributed by atoms with Crippen LogP contribution in [0.2, 0.25) is 5.02 Å². The minimum Gasteiger partial charge on any atom is -0.481 e. The van der Waals surface area contributed by atoms with Crippen LogP contribution in [-0.4, -0.2) is 40.6 Å². The van der Waals surface area contributed by atoms with E-state index in [1.165, 1.54) is 0 Å². The molecule has 1 aromatic rings. The lowest BCUT2D eigenvalue weighted by Crippen LogP contribution is -2.53. The van der Waals surface area contributed by atoms with Gasteiger partial charge in [0.1, 0.15) is 6.61 Å². The molecule has 1 aliphatic rings. The van der Waals surface area contributed by atoms with Gasteiger partial charge in [0.2, 0.25) is 5.91 Å². The summed E-state index contributed by atoms with van der Waals surface area (Å²) in [6.45, 7) is 2.20. The Morgan fingerprint density at radius 1 is 1.50 bits per heavy atom. The topological polar surface area (TPSA) is 66.8 Å². The molecule has 1 amide bonds. The number of carbonyl (C=O) groups excluding carboxylic acids is 1. The van der Waals surface area contributed by atoms with E-state index in [4.69, 9.17) is 21.4 Å². The van der Waals surface area contributed by atoms with Crippen LogP contribution in [-0.2, 0) is 20.9 Å². The zero-order chi connectivity index (χ0) is 14.8. The molecule has 2 rings (SSSR count). The van der Waals surface area contributed by atoms with E-state index in [-0.39, 0.29) is 25.5 Å². The normalized spacial score (nSPS) is 22.9. The van der Waals surface area contributed by atoms with Crippen molar-refractivity contribution < 1.29 is 19.4 Å². The Morgan fingerprint density at radius 2 is 2.20 bits per heavy atom. The van der Waals surface area contributed by atoms with Gasteiger partial charge < -0.3 is 14.7 Å². The molecule has 1 N–H and O–H groups in total. The van der Waals surface area contributed by atoms with Gasteiger partial charge in [-0.3, -0.25) is 9.59 Å². The Bertz CT molecular complexity index is 534. The molecule has 108 valence electrons. The Kier molecular flexibility index (Phi) is 4.30. The van der Waals surface area contributed by atoms with Crippen molar-refractivity contribution in [3.8, 4) is 0 Å². The second-order valence-electron chi connectivity index (χ2n) is 5.15. The Balaban J connectivity index is 2.12. The molecule has 5 nitrogen and oxygen atoms in total. The van der Waals surface area contributed by atoms with Gasteiger partial charge in [-0.2, -0.15) is 0 Å². The van der Waals surface area contributed by atoms with Crippen molar-refractivity contribution in [2.24, 2.45) is 0 Å². The molecule has 1 unspecified atom stereocenters. The van der Waals surface area contributed by atoms with Crippen LogP contribution in [0.25, 0.3) is 0 Å². The molecule has 1 fully saturated rings. The Hall–Kier alpha value is -1.59. The van der Waals surface area contributed by atoms with Gasteiger partial charge >= 0.3 is 5.97 Å². The largest absolute Gasteiger partial charge is 0.481 e. The number of carboxylic acids is 1. The van der Waals surface area contributed by atoms with Gasteiger partial charge in [0.15, 0.2) is 0 Å². The fraction of sp³-hybridized carbons (Fsp3) is 0.429. The van der Waals surface area contributed by atoms with Gasteiger partial charge in [-0.25, -0.2) is 0 Å². The number of morpholine rings is 1. The average Bonchev–Trinajstić information content (AvgIpc) is 2.36. The highest BCUT2D eigenvalue weighted by molar-refractivity contribution is 6.31. The third-order valence-electron chi connectivity index (χ3n) is 3.27. The van der Waals surface area contributed by atoms with Gasteiger partial charge in [-0.1, -0.05) is 29.8 Å². The fourth-order valence-electron chi connectivity index (χ4n) is 2.27. The van der Waals surface area contributed by atoms with E-state index in [1.807, 2.05) is 18.2 Å². The number of nitrogens with zero attached hydrogens (tertiary/aromatic N) is 1. The standard InChI is InChI=1S/C14H16ClNO4/c1-14(6-13(18)19)9-16(12(17)8-20-14)7-10-4-2-3-5-11(10)15/h2-5H,6-9H2,1H3,(H,18,19). The predicted octanol–water partition coefficient (Wildman–Crippen LogP) is 1.93. The van der Waals surface area contributed by atoms with Crippen molar-refractivity contribution in [1.82, 2.24) is 4.90 Å². The molecule has 1 aliphatic heterocycles. The summed E-state index contributed by atoms with van der Waals surface area (Å²) >= 11 is 6.08. The number of carbonyl (C=O) groups is 2. The third kappa shape index (κ3) is 3.49. The highest BCUT2D eigenvalue weighted by atomic mass is 35.5. The average molecular weight is 298 g/mol. The van der Waals surface area contributed by atoms with Crippen LogP contribution in [0.3, 0.4) is 0 Å². The van der Waals surface area contributed by atoms with E-state index in [0.29, 0.717) is 11.6 Å². The van der Waals surface area contributed by atoms with Crippen LogP contribution in [0.1, 0.15) is 18.9 Å². The first-order valence-corrected chi connectivity index (χ1v) is 6.64. The highest BCUT2D eigenvalue weighted by Gasteiger charge is 2.37. The third-order valence-corrected chi connectivity index (χ3v) is 3.64. The SMILES string of the molecule is CC1(CC(=O)O)CN(Cc2ccccc2Cl)C(=O)CO1. The summed E-state index contributed by atoms with van der Waals surface area (Å²) in [5.74, 6) is -1.10. The summed E-state index contributed by atoms with van der Waals surface area (Å²) in [5.41, 5.74) is -0.0248. The number of rotatable bonds is 4. The zero-order valence-corrected chi connectivity index (χ0v) is 11.9. The lowest BCUT2D eigenvalue weighted by molar-refractivity contribution is -0.169. The zero-order valence-electron chi connectivity index (χ0n) is 11.1. The molecule has 0 aromatic heterocycles. The molecule has 1 atom stereocenters. The van der Waals surface area contributed by atoms with Crippen LogP contribution < -0.4 is 0 Å². The van der Waals surface area contributed by atoms with Gasteiger partial charge in [0.25, 0.3) is 0 Å². The highest BCUT2D eigenvalue weighted by Crippen LogP contribution is 2.25. The predicted molar refractivity (Wildman–Crippen MR) is 73.5 cm³/mol. The number of aliphatic carboxylic acids is 1. The molecule has 1 heterocycles. The van der Waals surface area contributed by atoms with Crippen molar-refractivity contribution in [1.29, 1.82) is 0 Å². The number of benzene rings is 1. The van der Waals surface area contributed by atoms with E-state index >= 15 is 0 Å². The number of carboxylic acid groups (broad SMARTS) is 1. The van der Waals surface area contributed by atoms with E-state index in [9.17, 15) is 9.59 Å². The molecule has 1 saturated heterocycles. The maximum atomic E-state index is 11.9. The smallest absolute Gasteiger partial charge is 0.306 e. The second kappa shape index (κ2) is 5.81. The first kappa shape index (κ1) is 14.8. The van der Waals surface area contributed by atoms with Crippen LogP contribution in [0.5, 0.6) is 0 Å². The van der Waals surface area contributed by atoms with Crippen LogP contribution >= 0.6 is 11.6 Å². The molecule has 0 bridgehead atoms. The number of halogens is 1. The number of hydrogen-bond donors (Lipinski definition) is 1. The van der Waals surface area contributed by atoms with Crippen LogP contribution in [0, 0.1) is 0 Å². The summed E-state index contributed by atoms with van der Waals surface area (Å²) in [6.07, 6.45) is -0.140. The van der Waals surface area contributed by atoms with E-state index < -0.39 is 11.6 Å². The number of amides is 1. The summed E-state index contributed by atoms with van der Waals surface area (Å²) in [5, 5.41) is 9.50. The molecular weight excluding hydrogens is 282 g/mol. The summed E-state index contributed by atoms with van der Waals surface area (Å²) in [7, 11) is 0. The monoisotopic (exact) mass is 297 g/mol. The maximum Gasteiger partial charge on any atom is 0.306 e. The van der Waals surface area contributed by atoms with Crippen molar-refractivity contribution >= 4 is 23.5 Å². The van der Waals surface area contributed by atoms with Crippen molar-refractivity contribution in [2.75, 3.05) is 13.2 Å². The van der Waals surface area contributed by atoms with Gasteiger partial charge in [-0.05, 0) is 18.6 Å². The van der Waals surface area contributed by atoms with Gasteiger partial charge in [0.05, 0.1) is 18.6 Å². The summed E-state index contributed by atoms with van der Waals surface area (Å²) in [6, 6.07) is 7.28. The van der Waals surface area contributed by atoms with E-state index in [0.717, 1.165) is 5.56 Å². The molecule has 0 saturated carbocycles. The summed E-state index contributed by atoms with van der Waals surface area (Å²) in [4.78, 5) is 24.4. The molecule has 20 heavy (non-hydrogen) atoms. The second-order valence-corrected chi connectivity index (χ2v) is 5.56. The van der Waals surface area contributed by atoms with Gasteiger partial charge in [0, 0.05) is 11.6 Å². The number of ether oxygens (including phenoxy) is 1. The fourth-order valence-corrected chi connectivity index (χ4v) is 2.46. The molecule has 0 radical (unpaired) electrons. The lowest BCUT2D eigenvalue weighted by Gasteiger charge is -2.39. The maximum absolute atomic E-state index is 11.9. The first-order chi connectivity index (χ1) is 9.39.